The number of hydrogen-bond donors (Lipinski definition) is 2. The standard InChI is InChI=1S/C21H14ClNO5/c22-15-3-1-2-12(8-15)13-4-6-16(21(25)26)17(9-13)23-20(24)14-5-7-18-19(10-14)28-11-27-18/h1-10H,11H2,(H,23,24)(H,25,26). The number of nitrogens with one attached hydrogen (secondary N) is 1. The van der Waals surface area contributed by atoms with E-state index in [0.717, 1.165) is 11.1 Å². The molecule has 1 aliphatic rings. The van der Waals surface area contributed by atoms with Crippen molar-refractivity contribution in [2.24, 2.45) is 0 Å². The Hall–Kier alpha value is -3.51. The third kappa shape index (κ3) is 3.50. The van der Waals surface area contributed by atoms with E-state index in [1.807, 2.05) is 6.07 Å². The lowest BCUT2D eigenvalue weighted by molar-refractivity contribution is 0.0698. The number of rotatable bonds is 4. The Morgan fingerprint density at radius 2 is 1.71 bits per heavy atom. The molecule has 0 spiro atoms. The minimum Gasteiger partial charge on any atom is -0.478 e. The molecule has 0 radical (unpaired) electrons. The molecule has 1 amide bonds. The van der Waals surface area contributed by atoms with E-state index in [0.29, 0.717) is 22.1 Å². The number of ether oxygens (including phenoxy) is 2. The average Bonchev–Trinajstić information content (AvgIpc) is 3.15. The van der Waals surface area contributed by atoms with Crippen LogP contribution in [0.2, 0.25) is 5.02 Å². The first-order valence-electron chi connectivity index (χ1n) is 8.35. The molecule has 2 N–H and O–H groups in total. The van der Waals surface area contributed by atoms with Crippen LogP contribution in [0, 0.1) is 0 Å². The number of amides is 1. The van der Waals surface area contributed by atoms with Crippen LogP contribution in [0.4, 0.5) is 5.69 Å². The van der Waals surface area contributed by atoms with Gasteiger partial charge in [0.2, 0.25) is 6.79 Å². The molecule has 3 aromatic rings. The number of hydrogen-bond acceptors (Lipinski definition) is 4. The summed E-state index contributed by atoms with van der Waals surface area (Å²) in [5.74, 6) is -0.563. The smallest absolute Gasteiger partial charge is 0.337 e. The highest BCUT2D eigenvalue weighted by molar-refractivity contribution is 6.30. The van der Waals surface area contributed by atoms with E-state index in [1.165, 1.54) is 6.07 Å². The highest BCUT2D eigenvalue weighted by Gasteiger charge is 2.18. The van der Waals surface area contributed by atoms with E-state index < -0.39 is 11.9 Å². The van der Waals surface area contributed by atoms with Gasteiger partial charge in [-0.15, -0.1) is 0 Å². The van der Waals surface area contributed by atoms with E-state index in [2.05, 4.69) is 5.32 Å². The van der Waals surface area contributed by atoms with Crippen LogP contribution in [0.1, 0.15) is 20.7 Å². The fourth-order valence-electron chi connectivity index (χ4n) is 2.91. The molecule has 28 heavy (non-hydrogen) atoms. The first kappa shape index (κ1) is 17.9. The Balaban J connectivity index is 1.68. The van der Waals surface area contributed by atoms with E-state index >= 15 is 0 Å². The van der Waals surface area contributed by atoms with Crippen LogP contribution >= 0.6 is 11.6 Å². The summed E-state index contributed by atoms with van der Waals surface area (Å²) >= 11 is 6.04. The molecule has 0 unspecified atom stereocenters. The van der Waals surface area contributed by atoms with E-state index in [4.69, 9.17) is 21.1 Å². The summed E-state index contributed by atoms with van der Waals surface area (Å²) < 4.78 is 10.5. The predicted octanol–water partition coefficient (Wildman–Crippen LogP) is 4.69. The number of benzene rings is 3. The number of aromatic carboxylic acids is 1. The van der Waals surface area contributed by atoms with Crippen molar-refractivity contribution in [2.45, 2.75) is 0 Å². The zero-order valence-electron chi connectivity index (χ0n) is 14.4. The first-order chi connectivity index (χ1) is 13.5. The monoisotopic (exact) mass is 395 g/mol. The Morgan fingerprint density at radius 1 is 0.929 bits per heavy atom. The lowest BCUT2D eigenvalue weighted by Crippen LogP contribution is -2.15. The zero-order chi connectivity index (χ0) is 19.7. The third-order valence-corrected chi connectivity index (χ3v) is 4.53. The van der Waals surface area contributed by atoms with Crippen LogP contribution < -0.4 is 14.8 Å². The molecule has 140 valence electrons. The lowest BCUT2D eigenvalue weighted by atomic mass is 10.0. The zero-order valence-corrected chi connectivity index (χ0v) is 15.2. The largest absolute Gasteiger partial charge is 0.478 e. The van der Waals surface area contributed by atoms with Crippen LogP contribution in [-0.4, -0.2) is 23.8 Å². The summed E-state index contributed by atoms with van der Waals surface area (Å²) in [7, 11) is 0. The average molecular weight is 396 g/mol. The van der Waals surface area contributed by atoms with Crippen LogP contribution in [-0.2, 0) is 0 Å². The quantitative estimate of drug-likeness (QED) is 0.669. The molecule has 0 atom stereocenters. The van der Waals surface area contributed by atoms with Gasteiger partial charge in [-0.1, -0.05) is 29.8 Å². The lowest BCUT2D eigenvalue weighted by Gasteiger charge is -2.12. The maximum atomic E-state index is 12.7. The fourth-order valence-corrected chi connectivity index (χ4v) is 3.10. The summed E-state index contributed by atoms with van der Waals surface area (Å²) in [6.45, 7) is 0.102. The van der Waals surface area contributed by atoms with Gasteiger partial charge in [0.25, 0.3) is 5.91 Å². The van der Waals surface area contributed by atoms with E-state index in [1.54, 1.807) is 48.5 Å². The van der Waals surface area contributed by atoms with Gasteiger partial charge in [-0.05, 0) is 53.6 Å². The molecule has 0 saturated carbocycles. The summed E-state index contributed by atoms with van der Waals surface area (Å²) in [4.78, 5) is 24.3. The van der Waals surface area contributed by atoms with Gasteiger partial charge in [0.15, 0.2) is 11.5 Å². The molecule has 1 aliphatic heterocycles. The van der Waals surface area contributed by atoms with Crippen molar-refractivity contribution in [3.05, 3.63) is 76.8 Å². The molecule has 4 rings (SSSR count). The van der Waals surface area contributed by atoms with Crippen molar-refractivity contribution in [1.82, 2.24) is 0 Å². The Morgan fingerprint density at radius 3 is 2.50 bits per heavy atom. The maximum absolute atomic E-state index is 12.7. The molecule has 0 fully saturated rings. The van der Waals surface area contributed by atoms with Gasteiger partial charge in [0.05, 0.1) is 11.3 Å². The van der Waals surface area contributed by atoms with Crippen LogP contribution in [0.5, 0.6) is 11.5 Å². The maximum Gasteiger partial charge on any atom is 0.337 e. The van der Waals surface area contributed by atoms with Crippen LogP contribution in [0.25, 0.3) is 11.1 Å². The SMILES string of the molecule is O=C(Nc1cc(-c2cccc(Cl)c2)ccc1C(=O)O)c1ccc2c(c1)OCO2. The highest BCUT2D eigenvalue weighted by Crippen LogP contribution is 2.33. The minimum absolute atomic E-state index is 0.0140. The van der Waals surface area contributed by atoms with Crippen LogP contribution in [0.15, 0.2) is 60.7 Å². The van der Waals surface area contributed by atoms with Crippen molar-refractivity contribution in [1.29, 1.82) is 0 Å². The van der Waals surface area contributed by atoms with Crippen molar-refractivity contribution >= 4 is 29.2 Å². The van der Waals surface area contributed by atoms with Gasteiger partial charge in [-0.3, -0.25) is 4.79 Å². The summed E-state index contributed by atoms with van der Waals surface area (Å²) in [5.41, 5.74) is 2.04. The second kappa shape index (κ2) is 7.25. The van der Waals surface area contributed by atoms with Gasteiger partial charge in [0.1, 0.15) is 0 Å². The van der Waals surface area contributed by atoms with Crippen LogP contribution in [0.3, 0.4) is 0 Å². The van der Waals surface area contributed by atoms with Gasteiger partial charge in [-0.25, -0.2) is 4.79 Å². The van der Waals surface area contributed by atoms with Gasteiger partial charge in [-0.2, -0.15) is 0 Å². The third-order valence-electron chi connectivity index (χ3n) is 4.29. The molecule has 6 nitrogen and oxygen atoms in total. The van der Waals surface area contributed by atoms with Crippen molar-refractivity contribution in [3.8, 4) is 22.6 Å². The predicted molar refractivity (Wildman–Crippen MR) is 104 cm³/mol. The molecule has 0 saturated heterocycles. The van der Waals surface area contributed by atoms with Crippen molar-refractivity contribution < 1.29 is 24.2 Å². The molecule has 0 aromatic heterocycles. The molecular weight excluding hydrogens is 382 g/mol. The summed E-state index contributed by atoms with van der Waals surface area (Å²) in [6.07, 6.45) is 0. The van der Waals surface area contributed by atoms with Gasteiger partial charge < -0.3 is 19.9 Å². The second-order valence-electron chi connectivity index (χ2n) is 6.10. The number of carboxylic acids is 1. The number of carbonyl (C=O) groups excluding carboxylic acids is 1. The molecule has 0 bridgehead atoms. The van der Waals surface area contributed by atoms with Gasteiger partial charge in [0, 0.05) is 10.6 Å². The van der Waals surface area contributed by atoms with E-state index in [9.17, 15) is 14.7 Å². The Kier molecular flexibility index (Phi) is 4.63. The molecular formula is C21H14ClNO5. The second-order valence-corrected chi connectivity index (χ2v) is 6.53. The fraction of sp³-hybridized carbons (Fsp3) is 0.0476. The number of fused-ring (bicyclic) bond motifs is 1. The van der Waals surface area contributed by atoms with Gasteiger partial charge >= 0.3 is 5.97 Å². The van der Waals surface area contributed by atoms with Crippen molar-refractivity contribution in [3.63, 3.8) is 0 Å². The Labute approximate surface area is 165 Å². The van der Waals surface area contributed by atoms with Crippen molar-refractivity contribution in [2.75, 3.05) is 12.1 Å². The molecule has 7 heteroatoms. The number of carbonyl (C=O) groups is 2. The number of anilines is 1. The highest BCUT2D eigenvalue weighted by atomic mass is 35.5. The topological polar surface area (TPSA) is 84.9 Å². The minimum atomic E-state index is -1.14. The molecule has 0 aliphatic carbocycles. The number of halogens is 1. The number of carboxylic acid groups (broad SMARTS) is 1. The first-order valence-corrected chi connectivity index (χ1v) is 8.73. The molecule has 3 aromatic carbocycles. The van der Waals surface area contributed by atoms with E-state index in [-0.39, 0.29) is 18.0 Å². The normalized spacial score (nSPS) is 11.9. The summed E-state index contributed by atoms with van der Waals surface area (Å²) in [5, 5.41) is 12.7. The Bertz CT molecular complexity index is 1100. The molecule has 1 heterocycles. The summed E-state index contributed by atoms with van der Waals surface area (Å²) in [6, 6.07) is 16.7.